The van der Waals surface area contributed by atoms with Gasteiger partial charge in [0.05, 0.1) is 23.8 Å². The molecule has 0 aromatic carbocycles. The number of hydrogen-bond acceptors (Lipinski definition) is 4. The molecule has 2 rings (SSSR count). The van der Waals surface area contributed by atoms with Gasteiger partial charge in [-0.2, -0.15) is 0 Å². The number of nitrogens with one attached hydrogen (secondary N) is 1. The van der Waals surface area contributed by atoms with Crippen molar-refractivity contribution in [2.24, 2.45) is 0 Å². The van der Waals surface area contributed by atoms with E-state index < -0.39 is 0 Å². The lowest BCUT2D eigenvalue weighted by molar-refractivity contribution is 0.601. The van der Waals surface area contributed by atoms with Gasteiger partial charge in [-0.3, -0.25) is 0 Å². The van der Waals surface area contributed by atoms with E-state index in [2.05, 4.69) is 44.9 Å². The standard InChI is InChI=1S/C12H17N5/c1-3-14-12(10-5-6-13-8-15-10)11-7-17(4-2)9-16-11/h5-9,12,14H,3-4H2,1-2H3. The minimum atomic E-state index is 0.0378. The quantitative estimate of drug-likeness (QED) is 0.845. The molecule has 1 atom stereocenters. The first-order valence-electron chi connectivity index (χ1n) is 5.86. The van der Waals surface area contributed by atoms with E-state index in [1.807, 2.05) is 12.4 Å². The van der Waals surface area contributed by atoms with Gasteiger partial charge < -0.3 is 9.88 Å². The van der Waals surface area contributed by atoms with Crippen LogP contribution < -0.4 is 5.32 Å². The highest BCUT2D eigenvalue weighted by atomic mass is 15.1. The predicted molar refractivity (Wildman–Crippen MR) is 65.5 cm³/mol. The Morgan fingerprint density at radius 2 is 2.18 bits per heavy atom. The number of hydrogen-bond donors (Lipinski definition) is 1. The first kappa shape index (κ1) is 11.7. The van der Waals surface area contributed by atoms with E-state index in [0.29, 0.717) is 0 Å². The number of aryl methyl sites for hydroxylation is 1. The molecule has 2 aromatic heterocycles. The zero-order valence-electron chi connectivity index (χ0n) is 10.2. The van der Waals surface area contributed by atoms with Gasteiger partial charge in [0.25, 0.3) is 0 Å². The van der Waals surface area contributed by atoms with Crippen molar-refractivity contribution < 1.29 is 0 Å². The Kier molecular flexibility index (Phi) is 3.82. The van der Waals surface area contributed by atoms with Crippen LogP contribution in [0.15, 0.2) is 31.1 Å². The van der Waals surface area contributed by atoms with Crippen molar-refractivity contribution in [1.29, 1.82) is 0 Å². The molecule has 0 aliphatic heterocycles. The highest BCUT2D eigenvalue weighted by Gasteiger charge is 2.16. The van der Waals surface area contributed by atoms with Crippen molar-refractivity contribution in [2.45, 2.75) is 26.4 Å². The summed E-state index contributed by atoms with van der Waals surface area (Å²) >= 11 is 0. The molecule has 0 spiro atoms. The number of nitrogens with zero attached hydrogens (tertiary/aromatic N) is 4. The largest absolute Gasteiger partial charge is 0.337 e. The summed E-state index contributed by atoms with van der Waals surface area (Å²) in [7, 11) is 0. The Hall–Kier alpha value is -1.75. The molecule has 0 fully saturated rings. The van der Waals surface area contributed by atoms with Crippen molar-refractivity contribution in [1.82, 2.24) is 24.8 Å². The van der Waals surface area contributed by atoms with Gasteiger partial charge in [-0.05, 0) is 19.5 Å². The van der Waals surface area contributed by atoms with Gasteiger partial charge in [-0.15, -0.1) is 0 Å². The lowest BCUT2D eigenvalue weighted by atomic mass is 10.1. The molecular weight excluding hydrogens is 214 g/mol. The first-order valence-corrected chi connectivity index (χ1v) is 5.86. The Morgan fingerprint density at radius 1 is 1.29 bits per heavy atom. The summed E-state index contributed by atoms with van der Waals surface area (Å²) in [5.41, 5.74) is 1.94. The van der Waals surface area contributed by atoms with Crippen molar-refractivity contribution in [2.75, 3.05) is 6.54 Å². The van der Waals surface area contributed by atoms with Crippen molar-refractivity contribution in [3.8, 4) is 0 Å². The van der Waals surface area contributed by atoms with E-state index >= 15 is 0 Å². The van der Waals surface area contributed by atoms with Gasteiger partial charge >= 0.3 is 0 Å². The maximum Gasteiger partial charge on any atom is 0.115 e. The van der Waals surface area contributed by atoms with Crippen LogP contribution in [-0.4, -0.2) is 26.1 Å². The van der Waals surface area contributed by atoms with E-state index in [1.165, 1.54) is 0 Å². The van der Waals surface area contributed by atoms with Crippen LogP contribution >= 0.6 is 0 Å². The minimum Gasteiger partial charge on any atom is -0.337 e. The van der Waals surface area contributed by atoms with Gasteiger partial charge in [0.2, 0.25) is 0 Å². The van der Waals surface area contributed by atoms with E-state index in [4.69, 9.17) is 0 Å². The van der Waals surface area contributed by atoms with Crippen LogP contribution in [0.3, 0.4) is 0 Å². The molecule has 0 radical (unpaired) electrons. The Labute approximate surface area is 101 Å². The maximum absolute atomic E-state index is 4.42. The van der Waals surface area contributed by atoms with E-state index in [0.717, 1.165) is 24.5 Å². The summed E-state index contributed by atoms with van der Waals surface area (Å²) in [6.45, 7) is 5.96. The molecule has 1 unspecified atom stereocenters. The lowest BCUT2D eigenvalue weighted by Crippen LogP contribution is -2.23. The van der Waals surface area contributed by atoms with Crippen LogP contribution in [0.1, 0.15) is 31.3 Å². The Bertz CT molecular complexity index is 451. The molecule has 5 nitrogen and oxygen atoms in total. The van der Waals surface area contributed by atoms with Crippen LogP contribution in [0.4, 0.5) is 0 Å². The van der Waals surface area contributed by atoms with E-state index in [9.17, 15) is 0 Å². The third-order valence-electron chi connectivity index (χ3n) is 2.62. The molecule has 2 aromatic rings. The zero-order chi connectivity index (χ0) is 12.1. The fraction of sp³-hybridized carbons (Fsp3) is 0.417. The van der Waals surface area contributed by atoms with E-state index in [1.54, 1.807) is 12.5 Å². The van der Waals surface area contributed by atoms with Crippen LogP contribution in [0.5, 0.6) is 0 Å². The fourth-order valence-electron chi connectivity index (χ4n) is 1.74. The van der Waals surface area contributed by atoms with Crippen molar-refractivity contribution in [3.05, 3.63) is 42.5 Å². The average molecular weight is 231 g/mol. The molecule has 0 amide bonds. The molecule has 0 aliphatic rings. The van der Waals surface area contributed by atoms with Crippen LogP contribution in [-0.2, 0) is 6.54 Å². The molecule has 0 bridgehead atoms. The molecule has 0 saturated heterocycles. The topological polar surface area (TPSA) is 55.6 Å². The molecule has 90 valence electrons. The molecule has 0 aliphatic carbocycles. The molecule has 2 heterocycles. The van der Waals surface area contributed by atoms with Crippen LogP contribution in [0.2, 0.25) is 0 Å². The van der Waals surface area contributed by atoms with Gasteiger partial charge in [0, 0.05) is 18.9 Å². The van der Waals surface area contributed by atoms with Crippen molar-refractivity contribution in [3.63, 3.8) is 0 Å². The summed E-state index contributed by atoms with van der Waals surface area (Å²) in [5.74, 6) is 0. The molecular formula is C12H17N5. The Balaban J connectivity index is 2.28. The minimum absolute atomic E-state index is 0.0378. The second-order valence-electron chi connectivity index (χ2n) is 3.75. The highest BCUT2D eigenvalue weighted by Crippen LogP contribution is 2.17. The summed E-state index contributed by atoms with van der Waals surface area (Å²) in [5, 5.41) is 3.39. The van der Waals surface area contributed by atoms with Gasteiger partial charge in [-0.25, -0.2) is 15.0 Å². The summed E-state index contributed by atoms with van der Waals surface area (Å²) in [6.07, 6.45) is 7.22. The summed E-state index contributed by atoms with van der Waals surface area (Å²) < 4.78 is 2.06. The van der Waals surface area contributed by atoms with Crippen molar-refractivity contribution >= 4 is 0 Å². The smallest absolute Gasteiger partial charge is 0.115 e. The third-order valence-corrected chi connectivity index (χ3v) is 2.62. The lowest BCUT2D eigenvalue weighted by Gasteiger charge is -2.14. The number of imidazole rings is 1. The number of aromatic nitrogens is 4. The van der Waals surface area contributed by atoms with Gasteiger partial charge in [0.15, 0.2) is 0 Å². The second kappa shape index (κ2) is 5.54. The summed E-state index contributed by atoms with van der Waals surface area (Å²) in [6, 6.07) is 1.95. The molecule has 1 N–H and O–H groups in total. The van der Waals surface area contributed by atoms with Gasteiger partial charge in [-0.1, -0.05) is 6.92 Å². The average Bonchev–Trinajstić information content (AvgIpc) is 2.85. The highest BCUT2D eigenvalue weighted by molar-refractivity contribution is 5.18. The van der Waals surface area contributed by atoms with Gasteiger partial charge in [0.1, 0.15) is 6.33 Å². The first-order chi connectivity index (χ1) is 8.35. The van der Waals surface area contributed by atoms with E-state index in [-0.39, 0.29) is 6.04 Å². The normalized spacial score (nSPS) is 12.6. The maximum atomic E-state index is 4.42. The third kappa shape index (κ3) is 2.68. The second-order valence-corrected chi connectivity index (χ2v) is 3.75. The summed E-state index contributed by atoms with van der Waals surface area (Å²) in [4.78, 5) is 12.6. The van der Waals surface area contributed by atoms with Crippen LogP contribution in [0, 0.1) is 0 Å². The number of rotatable bonds is 5. The monoisotopic (exact) mass is 231 g/mol. The fourth-order valence-corrected chi connectivity index (χ4v) is 1.74. The molecule has 0 saturated carbocycles. The molecule has 5 heteroatoms. The zero-order valence-corrected chi connectivity index (χ0v) is 10.2. The SMILES string of the molecule is CCNC(c1ccncn1)c1cn(CC)cn1. The Morgan fingerprint density at radius 3 is 2.76 bits per heavy atom. The molecule has 17 heavy (non-hydrogen) atoms. The predicted octanol–water partition coefficient (Wildman–Crippen LogP) is 1.39. The van der Waals surface area contributed by atoms with Crippen LogP contribution in [0.25, 0.3) is 0 Å².